The van der Waals surface area contributed by atoms with E-state index in [2.05, 4.69) is 22.4 Å². The number of aromatic nitrogens is 1. The first-order chi connectivity index (χ1) is 10.8. The fraction of sp³-hybridized carbons (Fsp3) is 0.235. The number of unbranched alkanes of at least 4 members (excludes halogenated alkanes) is 1. The predicted octanol–water partition coefficient (Wildman–Crippen LogP) is 3.02. The molecule has 5 nitrogen and oxygen atoms in total. The molecule has 0 radical (unpaired) electrons. The van der Waals surface area contributed by atoms with Crippen molar-refractivity contribution in [3.63, 3.8) is 0 Å². The molecule has 1 heterocycles. The van der Waals surface area contributed by atoms with Crippen LogP contribution in [0.4, 0.5) is 0 Å². The van der Waals surface area contributed by atoms with Gasteiger partial charge in [0, 0.05) is 18.0 Å². The highest BCUT2D eigenvalue weighted by atomic mass is 16.5. The Kier molecular flexibility index (Phi) is 6.11. The molecule has 0 aliphatic rings. The van der Waals surface area contributed by atoms with E-state index in [0.717, 1.165) is 24.2 Å². The number of amides is 1. The Labute approximate surface area is 130 Å². The number of hydrazone groups is 1. The van der Waals surface area contributed by atoms with Gasteiger partial charge in [-0.05, 0) is 36.2 Å². The molecule has 5 heteroatoms. The van der Waals surface area contributed by atoms with Crippen LogP contribution in [0.5, 0.6) is 5.75 Å². The van der Waals surface area contributed by atoms with Gasteiger partial charge in [0.05, 0.1) is 12.8 Å². The van der Waals surface area contributed by atoms with E-state index in [1.165, 1.54) is 0 Å². The molecule has 0 aliphatic carbocycles. The van der Waals surface area contributed by atoms with Crippen LogP contribution in [0.3, 0.4) is 0 Å². The van der Waals surface area contributed by atoms with Gasteiger partial charge in [-0.3, -0.25) is 9.78 Å². The largest absolute Gasteiger partial charge is 0.494 e. The maximum atomic E-state index is 11.8. The number of hydrogen-bond donors (Lipinski definition) is 1. The van der Waals surface area contributed by atoms with Crippen LogP contribution in [0.15, 0.2) is 53.9 Å². The van der Waals surface area contributed by atoms with Gasteiger partial charge in [0.25, 0.3) is 5.91 Å². The fourth-order valence-corrected chi connectivity index (χ4v) is 1.75. The maximum absolute atomic E-state index is 11.8. The zero-order valence-corrected chi connectivity index (χ0v) is 12.5. The second-order valence-electron chi connectivity index (χ2n) is 4.71. The average molecular weight is 297 g/mol. The van der Waals surface area contributed by atoms with E-state index >= 15 is 0 Å². The first-order valence-corrected chi connectivity index (χ1v) is 7.26. The van der Waals surface area contributed by atoms with Gasteiger partial charge in [-0.15, -0.1) is 0 Å². The van der Waals surface area contributed by atoms with E-state index < -0.39 is 0 Å². The zero-order valence-electron chi connectivity index (χ0n) is 12.5. The van der Waals surface area contributed by atoms with Crippen LogP contribution in [-0.2, 0) is 0 Å². The Balaban J connectivity index is 1.90. The van der Waals surface area contributed by atoms with Crippen molar-refractivity contribution in [2.75, 3.05) is 6.61 Å². The van der Waals surface area contributed by atoms with Crippen molar-refractivity contribution in [2.45, 2.75) is 19.8 Å². The fourth-order valence-electron chi connectivity index (χ4n) is 1.75. The Bertz CT molecular complexity index is 627. The Morgan fingerprint density at radius 2 is 2.14 bits per heavy atom. The summed E-state index contributed by atoms with van der Waals surface area (Å²) in [5.74, 6) is 0.534. The smallest absolute Gasteiger partial charge is 0.271 e. The minimum atomic E-state index is -0.269. The van der Waals surface area contributed by atoms with E-state index in [1.807, 2.05) is 24.3 Å². The summed E-state index contributed by atoms with van der Waals surface area (Å²) >= 11 is 0. The summed E-state index contributed by atoms with van der Waals surface area (Å²) in [6, 6.07) is 10.8. The number of benzene rings is 1. The second kappa shape index (κ2) is 8.56. The van der Waals surface area contributed by atoms with Gasteiger partial charge in [-0.2, -0.15) is 5.10 Å². The van der Waals surface area contributed by atoms with Crippen molar-refractivity contribution in [1.29, 1.82) is 0 Å². The summed E-state index contributed by atoms with van der Waals surface area (Å²) in [7, 11) is 0. The van der Waals surface area contributed by atoms with Crippen molar-refractivity contribution in [3.8, 4) is 5.75 Å². The molecule has 1 aromatic carbocycles. The molecule has 0 bridgehead atoms. The average Bonchev–Trinajstić information content (AvgIpc) is 2.56. The van der Waals surface area contributed by atoms with Crippen LogP contribution in [0.2, 0.25) is 0 Å². The third kappa shape index (κ3) is 5.01. The topological polar surface area (TPSA) is 63.6 Å². The molecule has 0 spiro atoms. The summed E-state index contributed by atoms with van der Waals surface area (Å²) in [5.41, 5.74) is 3.86. The molecule has 22 heavy (non-hydrogen) atoms. The lowest BCUT2D eigenvalue weighted by atomic mass is 10.2. The van der Waals surface area contributed by atoms with Crippen molar-refractivity contribution < 1.29 is 9.53 Å². The molecule has 114 valence electrons. The van der Waals surface area contributed by atoms with Gasteiger partial charge in [-0.25, -0.2) is 5.43 Å². The van der Waals surface area contributed by atoms with E-state index in [-0.39, 0.29) is 5.91 Å². The second-order valence-corrected chi connectivity index (χ2v) is 4.71. The number of ether oxygens (including phenoxy) is 1. The Morgan fingerprint density at radius 1 is 1.32 bits per heavy atom. The van der Waals surface area contributed by atoms with Crippen LogP contribution in [-0.4, -0.2) is 23.7 Å². The number of nitrogens with one attached hydrogen (secondary N) is 1. The van der Waals surface area contributed by atoms with Gasteiger partial charge >= 0.3 is 0 Å². The summed E-state index contributed by atoms with van der Waals surface area (Å²) in [4.78, 5) is 15.7. The molecular weight excluding hydrogens is 278 g/mol. The number of nitrogens with zero attached hydrogens (tertiary/aromatic N) is 2. The first-order valence-electron chi connectivity index (χ1n) is 7.26. The number of carbonyl (C=O) groups is 1. The number of rotatable bonds is 7. The van der Waals surface area contributed by atoms with Crippen molar-refractivity contribution in [2.24, 2.45) is 5.10 Å². The number of hydrogen-bond acceptors (Lipinski definition) is 4. The lowest BCUT2D eigenvalue weighted by molar-refractivity contribution is 0.0955. The highest BCUT2D eigenvalue weighted by Gasteiger charge is 2.02. The van der Waals surface area contributed by atoms with Crippen molar-refractivity contribution in [1.82, 2.24) is 10.4 Å². The molecule has 1 aromatic heterocycles. The molecular formula is C17H19N3O2. The van der Waals surface area contributed by atoms with Gasteiger partial charge < -0.3 is 4.74 Å². The third-order valence-corrected chi connectivity index (χ3v) is 2.95. The van der Waals surface area contributed by atoms with Gasteiger partial charge in [0.15, 0.2) is 0 Å². The molecule has 0 atom stereocenters. The summed E-state index contributed by atoms with van der Waals surface area (Å²) in [6.45, 7) is 2.83. The summed E-state index contributed by atoms with van der Waals surface area (Å²) in [5, 5.41) is 3.95. The van der Waals surface area contributed by atoms with E-state index in [9.17, 15) is 4.79 Å². The van der Waals surface area contributed by atoms with Gasteiger partial charge in [0.1, 0.15) is 5.75 Å². The molecule has 0 saturated heterocycles. The molecule has 2 aromatic rings. The Morgan fingerprint density at radius 3 is 2.91 bits per heavy atom. The standard InChI is InChI=1S/C17H19N3O2/c1-2-3-11-22-16-6-4-5-14(12-16)13-19-20-17(21)15-7-9-18-10-8-15/h4-10,12-13H,2-3,11H2,1H3,(H,20,21)/b19-13-. The minimum absolute atomic E-state index is 0.269. The summed E-state index contributed by atoms with van der Waals surface area (Å²) in [6.07, 6.45) is 6.85. The number of pyridine rings is 1. The molecule has 0 aliphatic heterocycles. The normalized spacial score (nSPS) is 10.6. The maximum Gasteiger partial charge on any atom is 0.271 e. The summed E-state index contributed by atoms with van der Waals surface area (Å²) < 4.78 is 5.63. The monoisotopic (exact) mass is 297 g/mol. The Hall–Kier alpha value is -2.69. The molecule has 0 unspecified atom stereocenters. The van der Waals surface area contributed by atoms with Crippen LogP contribution in [0.25, 0.3) is 0 Å². The van der Waals surface area contributed by atoms with E-state index in [0.29, 0.717) is 12.2 Å². The number of carbonyl (C=O) groups excluding carboxylic acids is 1. The van der Waals surface area contributed by atoms with E-state index in [4.69, 9.17) is 4.74 Å². The van der Waals surface area contributed by atoms with Crippen molar-refractivity contribution >= 4 is 12.1 Å². The van der Waals surface area contributed by atoms with Crippen LogP contribution >= 0.6 is 0 Å². The minimum Gasteiger partial charge on any atom is -0.494 e. The molecule has 0 saturated carbocycles. The highest BCUT2D eigenvalue weighted by Crippen LogP contribution is 2.12. The van der Waals surface area contributed by atoms with Gasteiger partial charge in [-0.1, -0.05) is 25.5 Å². The lowest BCUT2D eigenvalue weighted by Crippen LogP contribution is -2.17. The molecule has 0 fully saturated rings. The molecule has 2 rings (SSSR count). The highest BCUT2D eigenvalue weighted by molar-refractivity contribution is 5.94. The van der Waals surface area contributed by atoms with Crippen LogP contribution in [0.1, 0.15) is 35.7 Å². The molecule has 1 N–H and O–H groups in total. The van der Waals surface area contributed by atoms with E-state index in [1.54, 1.807) is 30.7 Å². The van der Waals surface area contributed by atoms with Crippen LogP contribution in [0, 0.1) is 0 Å². The predicted molar refractivity (Wildman–Crippen MR) is 86.1 cm³/mol. The molecule has 1 amide bonds. The van der Waals surface area contributed by atoms with Crippen LogP contribution < -0.4 is 10.2 Å². The quantitative estimate of drug-likeness (QED) is 0.485. The zero-order chi connectivity index (χ0) is 15.6. The van der Waals surface area contributed by atoms with Gasteiger partial charge in [0.2, 0.25) is 0 Å². The first kappa shape index (κ1) is 15.7. The SMILES string of the molecule is CCCCOc1cccc(/C=N\NC(=O)c2ccncc2)c1. The van der Waals surface area contributed by atoms with Crippen molar-refractivity contribution in [3.05, 3.63) is 59.9 Å². The third-order valence-electron chi connectivity index (χ3n) is 2.95. The lowest BCUT2D eigenvalue weighted by Gasteiger charge is -2.05.